The number of anilines is 6. The molecule has 0 fully saturated rings. The van der Waals surface area contributed by atoms with E-state index in [1.54, 1.807) is 4.80 Å². The second kappa shape index (κ2) is 18.7. The van der Waals surface area contributed by atoms with Crippen molar-refractivity contribution in [2.24, 2.45) is 0 Å². The fraction of sp³-hybridized carbons (Fsp3) is 0.0270. The molecule has 0 saturated carbocycles. The average molecular weight is 1010 g/mol. The van der Waals surface area contributed by atoms with Gasteiger partial charge in [-0.2, -0.15) is 4.80 Å². The molecule has 0 radical (unpaired) electrons. The molecule has 0 N–H and O–H groups in total. The standard InChI is InChI=1S/C74H51N5/c1-7-25-52(26-8-1)73(53-27-9-2-10-28-53)63-39-21-19-37-61(63)71-65(73)41-23-43-69(71)77(56-33-15-5-16-34-56)58-45-47-59(48-46-58)79-75-67-50-49-60(51-68(67)76-79)78(57-35-17-6-18-36-57)70-44-24-42-66-72(70)62-38-20-22-40-64(62)74(66,54-29-11-3-12-30-54)55-31-13-4-14-32-55/h1-51H. The van der Waals surface area contributed by atoms with E-state index in [-0.39, 0.29) is 0 Å². The molecule has 2 aliphatic carbocycles. The lowest BCUT2D eigenvalue weighted by molar-refractivity contribution is 0.765. The van der Waals surface area contributed by atoms with Gasteiger partial charge in [-0.05, 0) is 134 Å². The Balaban J connectivity index is 0.840. The van der Waals surface area contributed by atoms with Crippen molar-refractivity contribution in [1.82, 2.24) is 15.0 Å². The Bertz CT molecular complexity index is 4270. The van der Waals surface area contributed by atoms with Crippen molar-refractivity contribution in [3.8, 4) is 27.9 Å². The summed E-state index contributed by atoms with van der Waals surface area (Å²) in [5, 5.41) is 10.3. The zero-order valence-electron chi connectivity index (χ0n) is 43.2. The van der Waals surface area contributed by atoms with Gasteiger partial charge in [0.1, 0.15) is 11.0 Å². The van der Waals surface area contributed by atoms with Crippen molar-refractivity contribution in [2.45, 2.75) is 10.8 Å². The zero-order valence-corrected chi connectivity index (χ0v) is 43.2. The van der Waals surface area contributed by atoms with Crippen LogP contribution in [0.4, 0.5) is 34.1 Å². The summed E-state index contributed by atoms with van der Waals surface area (Å²) in [6.45, 7) is 0. The van der Waals surface area contributed by atoms with Crippen LogP contribution in [0.3, 0.4) is 0 Å². The summed E-state index contributed by atoms with van der Waals surface area (Å²) >= 11 is 0. The van der Waals surface area contributed by atoms with Crippen LogP contribution in [0.2, 0.25) is 0 Å². The molecule has 0 saturated heterocycles. The maximum Gasteiger partial charge on any atom is 0.115 e. The second-order valence-electron chi connectivity index (χ2n) is 20.5. The van der Waals surface area contributed by atoms with Crippen molar-refractivity contribution in [3.63, 3.8) is 0 Å². The molecule has 0 atom stereocenters. The molecule has 0 unspecified atom stereocenters. The highest BCUT2D eigenvalue weighted by atomic mass is 15.5. The molecule has 0 aliphatic heterocycles. The van der Waals surface area contributed by atoms with Gasteiger partial charge in [0.2, 0.25) is 0 Å². The molecule has 5 nitrogen and oxygen atoms in total. The summed E-state index contributed by atoms with van der Waals surface area (Å²) < 4.78 is 0. The predicted molar refractivity (Wildman–Crippen MR) is 323 cm³/mol. The van der Waals surface area contributed by atoms with E-state index in [0.717, 1.165) is 50.8 Å². The minimum Gasteiger partial charge on any atom is -0.310 e. The summed E-state index contributed by atoms with van der Waals surface area (Å²) in [4.78, 5) is 6.55. The maximum absolute atomic E-state index is 5.23. The highest BCUT2D eigenvalue weighted by Gasteiger charge is 2.49. The van der Waals surface area contributed by atoms with E-state index in [0.29, 0.717) is 0 Å². The average Bonchev–Trinajstić information content (AvgIpc) is 2.91. The second-order valence-corrected chi connectivity index (χ2v) is 20.5. The van der Waals surface area contributed by atoms with Gasteiger partial charge in [-0.25, -0.2) is 0 Å². The van der Waals surface area contributed by atoms with Gasteiger partial charge in [0.05, 0.1) is 27.9 Å². The number of fused-ring (bicyclic) bond motifs is 7. The fourth-order valence-corrected chi connectivity index (χ4v) is 13.2. The van der Waals surface area contributed by atoms with Crippen LogP contribution in [0.25, 0.3) is 39.0 Å². The quantitative estimate of drug-likeness (QED) is 0.129. The van der Waals surface area contributed by atoms with Gasteiger partial charge in [-0.3, -0.25) is 0 Å². The first-order valence-electron chi connectivity index (χ1n) is 27.1. The third-order valence-corrected chi connectivity index (χ3v) is 16.4. The van der Waals surface area contributed by atoms with Crippen LogP contribution in [0.5, 0.6) is 0 Å². The molecule has 2 aliphatic rings. The lowest BCUT2D eigenvalue weighted by atomic mass is 9.68. The summed E-state index contributed by atoms with van der Waals surface area (Å²) in [5.41, 5.74) is 22.6. The monoisotopic (exact) mass is 1010 g/mol. The first-order valence-corrected chi connectivity index (χ1v) is 27.1. The molecule has 1 heterocycles. The van der Waals surface area contributed by atoms with Crippen molar-refractivity contribution < 1.29 is 0 Å². The van der Waals surface area contributed by atoms with E-state index in [2.05, 4.69) is 319 Å². The molecule has 372 valence electrons. The summed E-state index contributed by atoms with van der Waals surface area (Å²) in [6.07, 6.45) is 0. The highest BCUT2D eigenvalue weighted by Crippen LogP contribution is 2.61. The lowest BCUT2D eigenvalue weighted by Crippen LogP contribution is -2.28. The lowest BCUT2D eigenvalue weighted by Gasteiger charge is -2.34. The number of hydrogen-bond donors (Lipinski definition) is 0. The molecular weight excluding hydrogens is 959 g/mol. The van der Waals surface area contributed by atoms with Crippen LogP contribution in [-0.2, 0) is 10.8 Å². The van der Waals surface area contributed by atoms with Gasteiger partial charge in [0.25, 0.3) is 0 Å². The molecule has 0 bridgehead atoms. The minimum absolute atomic E-state index is 0.522. The van der Waals surface area contributed by atoms with Gasteiger partial charge in [-0.1, -0.05) is 231 Å². The smallest absolute Gasteiger partial charge is 0.115 e. The van der Waals surface area contributed by atoms with Gasteiger partial charge in [0.15, 0.2) is 0 Å². The van der Waals surface area contributed by atoms with Crippen LogP contribution in [-0.4, -0.2) is 15.0 Å². The van der Waals surface area contributed by atoms with E-state index in [4.69, 9.17) is 10.2 Å². The van der Waals surface area contributed by atoms with Crippen LogP contribution in [0.15, 0.2) is 309 Å². The Morgan fingerprint density at radius 3 is 1.05 bits per heavy atom. The number of nitrogens with zero attached hydrogens (tertiary/aromatic N) is 5. The van der Waals surface area contributed by atoms with Gasteiger partial charge in [-0.15, -0.1) is 10.2 Å². The zero-order chi connectivity index (χ0) is 52.3. The number of benzene rings is 12. The molecular formula is C74H51N5. The Kier molecular flexibility index (Phi) is 10.9. The van der Waals surface area contributed by atoms with Gasteiger partial charge < -0.3 is 9.80 Å². The molecule has 5 heteroatoms. The summed E-state index contributed by atoms with van der Waals surface area (Å²) in [7, 11) is 0. The normalized spacial score (nSPS) is 13.3. The Hall–Kier alpha value is -10.4. The van der Waals surface area contributed by atoms with E-state index in [1.807, 2.05) is 0 Å². The van der Waals surface area contributed by atoms with Crippen molar-refractivity contribution in [3.05, 3.63) is 354 Å². The van der Waals surface area contributed by atoms with Gasteiger partial charge >= 0.3 is 0 Å². The third-order valence-electron chi connectivity index (χ3n) is 16.4. The van der Waals surface area contributed by atoms with Crippen LogP contribution < -0.4 is 9.80 Å². The van der Waals surface area contributed by atoms with Crippen LogP contribution >= 0.6 is 0 Å². The molecule has 0 amide bonds. The Morgan fingerprint density at radius 1 is 0.266 bits per heavy atom. The molecule has 1 aromatic heterocycles. The van der Waals surface area contributed by atoms with Crippen LogP contribution in [0.1, 0.15) is 44.5 Å². The molecule has 13 aromatic rings. The van der Waals surface area contributed by atoms with E-state index in [1.165, 1.54) is 66.8 Å². The largest absolute Gasteiger partial charge is 0.310 e. The van der Waals surface area contributed by atoms with E-state index < -0.39 is 10.8 Å². The Labute approximate surface area is 460 Å². The highest BCUT2D eigenvalue weighted by molar-refractivity contribution is 5.99. The number of hydrogen-bond acceptors (Lipinski definition) is 4. The fourth-order valence-electron chi connectivity index (χ4n) is 13.2. The summed E-state index contributed by atoms with van der Waals surface area (Å²) in [5.74, 6) is 0. The first-order chi connectivity index (χ1) is 39.2. The summed E-state index contributed by atoms with van der Waals surface area (Å²) in [6, 6.07) is 112. The molecule has 0 spiro atoms. The van der Waals surface area contributed by atoms with Crippen molar-refractivity contribution >= 4 is 45.2 Å². The van der Waals surface area contributed by atoms with Crippen LogP contribution in [0, 0.1) is 0 Å². The van der Waals surface area contributed by atoms with Crippen molar-refractivity contribution in [1.29, 1.82) is 0 Å². The third kappa shape index (κ3) is 7.10. The molecule has 12 aromatic carbocycles. The maximum atomic E-state index is 5.23. The van der Waals surface area contributed by atoms with Crippen molar-refractivity contribution in [2.75, 3.05) is 9.80 Å². The predicted octanol–water partition coefficient (Wildman–Crippen LogP) is 18.1. The molecule has 79 heavy (non-hydrogen) atoms. The number of para-hydroxylation sites is 2. The topological polar surface area (TPSA) is 37.2 Å². The number of aromatic nitrogens is 3. The van der Waals surface area contributed by atoms with E-state index >= 15 is 0 Å². The van der Waals surface area contributed by atoms with Gasteiger partial charge in [0, 0.05) is 33.9 Å². The van der Waals surface area contributed by atoms with E-state index in [9.17, 15) is 0 Å². The Morgan fingerprint density at radius 2 is 0.608 bits per heavy atom. The first kappa shape index (κ1) is 46.0. The molecule has 15 rings (SSSR count). The SMILES string of the molecule is c1ccc(N(c2ccc(-n3nc4ccc(N(c5ccccc5)c5cccc6c5-c5ccccc5C6(c5ccccc5)c5ccccc5)cc4n3)cc2)c2cccc3c2-c2ccccc2C3(c2ccccc2)c2ccccc2)cc1. The minimum atomic E-state index is -0.531. The number of rotatable bonds is 11.